The Bertz CT molecular complexity index is 595. The highest BCUT2D eigenvalue weighted by atomic mass is 127. The zero-order valence-electron chi connectivity index (χ0n) is 15.8. The van der Waals surface area contributed by atoms with E-state index in [1.807, 2.05) is 30.0 Å². The molecule has 6 heteroatoms. The summed E-state index contributed by atoms with van der Waals surface area (Å²) in [7, 11) is 0. The van der Waals surface area contributed by atoms with E-state index in [1.54, 1.807) is 0 Å². The van der Waals surface area contributed by atoms with Crippen molar-refractivity contribution in [3.8, 4) is 0 Å². The van der Waals surface area contributed by atoms with Crippen molar-refractivity contribution in [1.29, 1.82) is 0 Å². The number of hydrogen-bond donors (Lipinski definition) is 2. The fraction of sp³-hybridized carbons (Fsp3) is 0.579. The molecule has 0 bridgehead atoms. The van der Waals surface area contributed by atoms with Crippen LogP contribution in [-0.2, 0) is 11.2 Å². The normalized spacial score (nSPS) is 13.9. The van der Waals surface area contributed by atoms with Crippen LogP contribution in [0.1, 0.15) is 46.1 Å². The average molecular weight is 458 g/mol. The molecule has 5 nitrogen and oxygen atoms in total. The number of nitrogens with zero attached hydrogens (tertiary/aromatic N) is 2. The predicted octanol–water partition coefficient (Wildman–Crippen LogP) is 3.33. The van der Waals surface area contributed by atoms with Gasteiger partial charge in [-0.1, -0.05) is 18.2 Å². The number of guanidine groups is 1. The van der Waals surface area contributed by atoms with Gasteiger partial charge in [0.2, 0.25) is 5.91 Å². The molecular formula is C19H31IN4O. The van der Waals surface area contributed by atoms with Gasteiger partial charge in [-0.15, -0.1) is 24.0 Å². The molecule has 1 heterocycles. The summed E-state index contributed by atoms with van der Waals surface area (Å²) in [4.78, 5) is 18.9. The van der Waals surface area contributed by atoms with E-state index in [4.69, 9.17) is 0 Å². The number of anilines is 1. The highest BCUT2D eigenvalue weighted by Crippen LogP contribution is 2.27. The Morgan fingerprint density at radius 3 is 2.68 bits per heavy atom. The van der Waals surface area contributed by atoms with Gasteiger partial charge in [-0.2, -0.15) is 0 Å². The van der Waals surface area contributed by atoms with E-state index in [2.05, 4.69) is 42.5 Å². The van der Waals surface area contributed by atoms with Gasteiger partial charge < -0.3 is 15.5 Å². The first-order chi connectivity index (χ1) is 11.4. The van der Waals surface area contributed by atoms with Gasteiger partial charge in [0.15, 0.2) is 5.96 Å². The number of hydrogen-bond acceptors (Lipinski definition) is 2. The molecule has 0 radical (unpaired) electrons. The molecule has 1 aromatic carbocycles. The van der Waals surface area contributed by atoms with Gasteiger partial charge in [0.1, 0.15) is 0 Å². The summed E-state index contributed by atoms with van der Waals surface area (Å²) >= 11 is 0. The van der Waals surface area contributed by atoms with E-state index in [1.165, 1.54) is 5.56 Å². The van der Waals surface area contributed by atoms with Crippen LogP contribution < -0.4 is 15.5 Å². The molecule has 0 aromatic heterocycles. The summed E-state index contributed by atoms with van der Waals surface area (Å²) in [5, 5.41) is 6.60. The lowest BCUT2D eigenvalue weighted by Gasteiger charge is -2.23. The summed E-state index contributed by atoms with van der Waals surface area (Å²) < 4.78 is 0. The maximum absolute atomic E-state index is 12.5. The summed E-state index contributed by atoms with van der Waals surface area (Å²) in [6.07, 6.45) is 2.26. The number of carbonyl (C=O) groups excluding carboxylic acids is 1. The van der Waals surface area contributed by atoms with Crippen LogP contribution in [0.15, 0.2) is 29.3 Å². The Balaban J connectivity index is 0.00000312. The SMILES string of the molecule is CCNC(=NCCCC(=O)N1CCc2ccccc21)NC(C)(C)C.I. The van der Waals surface area contributed by atoms with Gasteiger partial charge >= 0.3 is 0 Å². The van der Waals surface area contributed by atoms with Gasteiger partial charge in [0.25, 0.3) is 0 Å². The minimum atomic E-state index is -0.0317. The summed E-state index contributed by atoms with van der Waals surface area (Å²) in [5.41, 5.74) is 2.32. The Morgan fingerprint density at radius 2 is 2.00 bits per heavy atom. The third-order valence-electron chi connectivity index (χ3n) is 3.84. The number of fused-ring (bicyclic) bond motifs is 1. The molecule has 0 atom stereocenters. The van der Waals surface area contributed by atoms with Gasteiger partial charge in [-0.25, -0.2) is 0 Å². The molecule has 1 aliphatic heterocycles. The second kappa shape index (κ2) is 9.99. The summed E-state index contributed by atoms with van der Waals surface area (Å²) in [5.74, 6) is 1.01. The first kappa shape index (κ1) is 21.7. The van der Waals surface area contributed by atoms with Crippen LogP contribution in [0.4, 0.5) is 5.69 Å². The summed E-state index contributed by atoms with van der Waals surface area (Å²) in [6.45, 7) is 10.6. The minimum absolute atomic E-state index is 0. The molecule has 25 heavy (non-hydrogen) atoms. The number of nitrogens with one attached hydrogen (secondary N) is 2. The molecule has 0 saturated heterocycles. The van der Waals surface area contributed by atoms with E-state index in [0.29, 0.717) is 13.0 Å². The monoisotopic (exact) mass is 458 g/mol. The third kappa shape index (κ3) is 6.84. The van der Waals surface area contributed by atoms with Gasteiger partial charge in [0.05, 0.1) is 0 Å². The second-order valence-corrected chi connectivity index (χ2v) is 7.16. The number of rotatable bonds is 5. The first-order valence-electron chi connectivity index (χ1n) is 8.85. The number of benzene rings is 1. The fourth-order valence-electron chi connectivity index (χ4n) is 2.82. The van der Waals surface area contributed by atoms with Crippen molar-refractivity contribution in [2.45, 2.75) is 52.5 Å². The van der Waals surface area contributed by atoms with Crippen LogP contribution in [-0.4, -0.2) is 37.0 Å². The highest BCUT2D eigenvalue weighted by molar-refractivity contribution is 14.0. The molecule has 0 spiro atoms. The van der Waals surface area contributed by atoms with Crippen LogP contribution in [0.5, 0.6) is 0 Å². The van der Waals surface area contributed by atoms with Crippen LogP contribution >= 0.6 is 24.0 Å². The Hall–Kier alpha value is -1.31. The lowest BCUT2D eigenvalue weighted by molar-refractivity contribution is -0.118. The molecular weight excluding hydrogens is 427 g/mol. The number of carbonyl (C=O) groups is 1. The Kier molecular flexibility index (Phi) is 8.68. The van der Waals surface area contributed by atoms with Crippen LogP contribution in [0.25, 0.3) is 0 Å². The van der Waals surface area contributed by atoms with Gasteiger partial charge in [-0.05, 0) is 52.2 Å². The van der Waals surface area contributed by atoms with Crippen molar-refractivity contribution in [3.63, 3.8) is 0 Å². The van der Waals surface area contributed by atoms with Crippen molar-refractivity contribution in [2.24, 2.45) is 4.99 Å². The molecule has 140 valence electrons. The van der Waals surface area contributed by atoms with Crippen LogP contribution in [0, 0.1) is 0 Å². The van der Waals surface area contributed by atoms with E-state index >= 15 is 0 Å². The smallest absolute Gasteiger partial charge is 0.227 e. The zero-order valence-corrected chi connectivity index (χ0v) is 18.1. The number of para-hydroxylation sites is 1. The quantitative estimate of drug-likeness (QED) is 0.308. The molecule has 2 N–H and O–H groups in total. The van der Waals surface area contributed by atoms with Crippen molar-refractivity contribution in [3.05, 3.63) is 29.8 Å². The maximum Gasteiger partial charge on any atom is 0.227 e. The standard InChI is InChI=1S/C19H30N4O.HI/c1-5-20-18(22-19(2,3)4)21-13-8-11-17(24)23-14-12-15-9-6-7-10-16(15)23;/h6-7,9-10H,5,8,11-14H2,1-4H3,(H2,20,21,22);1H. The van der Waals surface area contributed by atoms with Crippen LogP contribution in [0.3, 0.4) is 0 Å². The van der Waals surface area contributed by atoms with Crippen molar-refractivity contribution < 1.29 is 4.79 Å². The zero-order chi connectivity index (χ0) is 17.6. The second-order valence-electron chi connectivity index (χ2n) is 7.16. The maximum atomic E-state index is 12.5. The van der Waals surface area contributed by atoms with E-state index in [9.17, 15) is 4.79 Å². The lowest BCUT2D eigenvalue weighted by atomic mass is 10.1. The first-order valence-corrected chi connectivity index (χ1v) is 8.85. The largest absolute Gasteiger partial charge is 0.357 e. The molecule has 0 saturated carbocycles. The highest BCUT2D eigenvalue weighted by Gasteiger charge is 2.23. The average Bonchev–Trinajstić information content (AvgIpc) is 2.94. The predicted molar refractivity (Wildman–Crippen MR) is 116 cm³/mol. The van der Waals surface area contributed by atoms with E-state index in [-0.39, 0.29) is 35.4 Å². The molecule has 0 aliphatic carbocycles. The van der Waals surface area contributed by atoms with E-state index < -0.39 is 0 Å². The molecule has 0 unspecified atom stereocenters. The molecule has 1 aliphatic rings. The van der Waals surface area contributed by atoms with Crippen molar-refractivity contribution in [1.82, 2.24) is 10.6 Å². The van der Waals surface area contributed by atoms with Crippen molar-refractivity contribution in [2.75, 3.05) is 24.5 Å². The number of halogens is 1. The molecule has 0 fully saturated rings. The molecule has 1 amide bonds. The Morgan fingerprint density at radius 1 is 1.28 bits per heavy atom. The van der Waals surface area contributed by atoms with Gasteiger partial charge in [0, 0.05) is 37.3 Å². The van der Waals surface area contributed by atoms with Crippen molar-refractivity contribution >= 4 is 41.5 Å². The summed E-state index contributed by atoms with van der Waals surface area (Å²) in [6, 6.07) is 8.17. The van der Waals surface area contributed by atoms with E-state index in [0.717, 1.165) is 37.6 Å². The Labute approximate surface area is 168 Å². The van der Waals surface area contributed by atoms with Gasteiger partial charge in [-0.3, -0.25) is 9.79 Å². The third-order valence-corrected chi connectivity index (χ3v) is 3.84. The van der Waals surface area contributed by atoms with Crippen LogP contribution in [0.2, 0.25) is 0 Å². The minimum Gasteiger partial charge on any atom is -0.357 e. The number of amides is 1. The lowest BCUT2D eigenvalue weighted by Crippen LogP contribution is -2.47. The molecule has 1 aromatic rings. The fourth-order valence-corrected chi connectivity index (χ4v) is 2.82. The molecule has 2 rings (SSSR count). The number of aliphatic imine (C=N–C) groups is 1. The topological polar surface area (TPSA) is 56.7 Å².